The van der Waals surface area contributed by atoms with Gasteiger partial charge in [0.05, 0.1) is 10.5 Å². The molecule has 0 aliphatic carbocycles. The molecule has 0 spiro atoms. The molecule has 0 aromatic heterocycles. The molecule has 2 unspecified atom stereocenters. The third kappa shape index (κ3) is 5.08. The minimum absolute atomic E-state index is 0.0580. The fourth-order valence-electron chi connectivity index (χ4n) is 4.25. The summed E-state index contributed by atoms with van der Waals surface area (Å²) < 4.78 is 86.3. The molecule has 14 heteroatoms. The number of benzene rings is 2. The zero-order valence-corrected chi connectivity index (χ0v) is 20.0. The van der Waals surface area contributed by atoms with E-state index in [1.165, 1.54) is 0 Å². The second-order valence-corrected chi connectivity index (χ2v) is 10.7. The second-order valence-electron chi connectivity index (χ2n) is 8.31. The molecule has 2 fully saturated rings. The Bertz CT molecular complexity index is 1150. The summed E-state index contributed by atoms with van der Waals surface area (Å²) in [6.45, 7) is 0. The summed E-state index contributed by atoms with van der Waals surface area (Å²) in [6.07, 6.45) is -11.7. The van der Waals surface area contributed by atoms with Crippen LogP contribution in [0.3, 0.4) is 0 Å². The molecule has 2 aromatic rings. The lowest BCUT2D eigenvalue weighted by Crippen LogP contribution is -2.54. The van der Waals surface area contributed by atoms with Gasteiger partial charge in [-0.3, -0.25) is 29.8 Å². The van der Waals surface area contributed by atoms with Crippen molar-refractivity contribution < 1.29 is 45.5 Å². The normalized spacial score (nSPS) is 20.8. The van der Waals surface area contributed by atoms with Crippen LogP contribution in [0.4, 0.5) is 35.9 Å². The number of alkyl halides is 6. The Morgan fingerprint density at radius 3 is 1.16 bits per heavy atom. The van der Waals surface area contributed by atoms with Crippen LogP contribution in [0.5, 0.6) is 0 Å². The smallest absolute Gasteiger partial charge is 0.286 e. The first-order valence-electron chi connectivity index (χ1n) is 10.6. The number of imide groups is 2. The first-order valence-corrected chi connectivity index (χ1v) is 12.3. The lowest BCUT2D eigenvalue weighted by molar-refractivity contribution is -0.288. The van der Waals surface area contributed by atoms with Crippen molar-refractivity contribution in [3.05, 3.63) is 70.8 Å². The number of hydrogen-bond acceptors (Lipinski definition) is 6. The van der Waals surface area contributed by atoms with Crippen molar-refractivity contribution >= 4 is 45.8 Å². The van der Waals surface area contributed by atoms with Crippen LogP contribution in [0.1, 0.15) is 22.3 Å². The maximum absolute atomic E-state index is 14.4. The molecule has 2 N–H and O–H groups in total. The lowest BCUT2D eigenvalue weighted by atomic mass is 9.72. The van der Waals surface area contributed by atoms with Gasteiger partial charge in [-0.15, -0.1) is 0 Å². The highest BCUT2D eigenvalue weighted by Crippen LogP contribution is 2.56. The van der Waals surface area contributed by atoms with E-state index < -0.39 is 61.7 Å². The third-order valence-corrected chi connectivity index (χ3v) is 7.96. The molecule has 4 rings (SSSR count). The average molecular weight is 563 g/mol. The maximum Gasteiger partial charge on any atom is 0.411 e. The Hall–Kier alpha value is -3.00. The Kier molecular flexibility index (Phi) is 7.10. The molecule has 2 aliphatic heterocycles. The lowest BCUT2D eigenvalue weighted by Gasteiger charge is -2.38. The maximum atomic E-state index is 14.4. The van der Waals surface area contributed by atoms with Gasteiger partial charge in [-0.2, -0.15) is 26.3 Å². The van der Waals surface area contributed by atoms with Crippen molar-refractivity contribution in [2.45, 2.75) is 41.1 Å². The number of thioether (sulfide) groups is 2. The van der Waals surface area contributed by atoms with E-state index in [4.69, 9.17) is 0 Å². The van der Waals surface area contributed by atoms with Crippen molar-refractivity contribution in [1.29, 1.82) is 0 Å². The van der Waals surface area contributed by atoms with Crippen LogP contribution in [0.2, 0.25) is 0 Å². The zero-order chi connectivity index (χ0) is 27.2. The summed E-state index contributed by atoms with van der Waals surface area (Å²) in [7, 11) is 0. The van der Waals surface area contributed by atoms with Crippen molar-refractivity contribution in [3.63, 3.8) is 0 Å². The van der Waals surface area contributed by atoms with Gasteiger partial charge in [0.15, 0.2) is 0 Å². The second kappa shape index (κ2) is 9.71. The van der Waals surface area contributed by atoms with E-state index in [1.807, 2.05) is 0 Å². The summed E-state index contributed by atoms with van der Waals surface area (Å²) >= 11 is 1.38. The molecule has 0 saturated carbocycles. The Labute approximate surface area is 213 Å². The predicted octanol–water partition coefficient (Wildman–Crippen LogP) is 4.89. The van der Waals surface area contributed by atoms with E-state index in [-0.39, 0.29) is 24.0 Å². The van der Waals surface area contributed by atoms with Gasteiger partial charge in [0, 0.05) is 0 Å². The molecule has 2 saturated heterocycles. The van der Waals surface area contributed by atoms with Gasteiger partial charge in [0.1, 0.15) is 0 Å². The molecule has 2 aromatic carbocycles. The zero-order valence-electron chi connectivity index (χ0n) is 18.4. The monoisotopic (exact) mass is 562 g/mol. The minimum atomic E-state index is -5.78. The number of amides is 4. The number of carbonyl (C=O) groups is 4. The number of carbonyl (C=O) groups excluding carboxylic acids is 4. The van der Waals surface area contributed by atoms with Crippen molar-refractivity contribution in [2.24, 2.45) is 0 Å². The van der Waals surface area contributed by atoms with E-state index >= 15 is 0 Å². The summed E-state index contributed by atoms with van der Waals surface area (Å²) in [4.78, 5) is 46.1. The van der Waals surface area contributed by atoms with Crippen LogP contribution in [0, 0.1) is 0 Å². The number of rotatable bonds is 6. The van der Waals surface area contributed by atoms with Gasteiger partial charge >= 0.3 is 12.4 Å². The summed E-state index contributed by atoms with van der Waals surface area (Å²) in [5.74, 6) is -1.17. The van der Waals surface area contributed by atoms with Crippen LogP contribution < -0.4 is 10.6 Å². The van der Waals surface area contributed by atoms with E-state index in [1.54, 1.807) is 0 Å². The molecule has 2 heterocycles. The highest BCUT2D eigenvalue weighted by molar-refractivity contribution is 8.15. The summed E-state index contributed by atoms with van der Waals surface area (Å²) in [5.41, 5.74) is -5.94. The molecule has 4 amide bonds. The van der Waals surface area contributed by atoms with Gasteiger partial charge in [-0.1, -0.05) is 72.1 Å². The van der Waals surface area contributed by atoms with E-state index in [2.05, 4.69) is 10.6 Å². The van der Waals surface area contributed by atoms with Gasteiger partial charge in [0.25, 0.3) is 10.5 Å². The highest BCUT2D eigenvalue weighted by Gasteiger charge is 2.72. The summed E-state index contributed by atoms with van der Waals surface area (Å²) in [6, 6.07) is 7.14. The number of nitrogens with one attached hydrogen (secondary N) is 2. The van der Waals surface area contributed by atoms with Crippen LogP contribution in [0.15, 0.2) is 48.5 Å². The molecule has 2 aliphatic rings. The van der Waals surface area contributed by atoms with Gasteiger partial charge in [-0.25, -0.2) is 0 Å². The molecule has 2 atom stereocenters. The van der Waals surface area contributed by atoms with Gasteiger partial charge in [0.2, 0.25) is 17.2 Å². The van der Waals surface area contributed by atoms with Gasteiger partial charge in [-0.05, 0) is 35.1 Å². The average Bonchev–Trinajstić information content (AvgIpc) is 3.27. The van der Waals surface area contributed by atoms with E-state index in [0.717, 1.165) is 24.3 Å². The van der Waals surface area contributed by atoms with Crippen LogP contribution in [-0.4, -0.2) is 45.1 Å². The predicted molar refractivity (Wildman–Crippen MR) is 123 cm³/mol. The molecular formula is C23H16F6N2O4S2. The molecular weight excluding hydrogens is 546 g/mol. The summed E-state index contributed by atoms with van der Waals surface area (Å²) in [5, 5.41) is 1.29. The Morgan fingerprint density at radius 2 is 0.919 bits per heavy atom. The number of halogens is 6. The van der Waals surface area contributed by atoms with Crippen LogP contribution in [0.25, 0.3) is 0 Å². The molecule has 6 nitrogen and oxygen atoms in total. The van der Waals surface area contributed by atoms with Crippen molar-refractivity contribution in [2.75, 3.05) is 0 Å². The van der Waals surface area contributed by atoms with E-state index in [9.17, 15) is 45.5 Å². The highest BCUT2D eigenvalue weighted by atomic mass is 32.2. The molecule has 0 bridgehead atoms. The Balaban J connectivity index is 1.69. The first-order chi connectivity index (χ1) is 17.2. The Morgan fingerprint density at radius 1 is 0.595 bits per heavy atom. The standard InChI is InChI=1S/C23H16F6N2O4S2/c24-22(25,26)21(23(27,28)29,13-5-1-11(2-6-13)9-15-17(32)30-19(34)36-15)14-7-3-12(4-8-14)10-16-18(33)31-20(35)37-16/h1-8,15-16H,9-10H2,(H,30,32,34)(H,31,33,35). The molecule has 196 valence electrons. The van der Waals surface area contributed by atoms with Crippen LogP contribution in [-0.2, 0) is 27.8 Å². The largest absolute Gasteiger partial charge is 0.411 e. The minimum Gasteiger partial charge on any atom is -0.286 e. The van der Waals surface area contributed by atoms with Crippen LogP contribution >= 0.6 is 23.5 Å². The fourth-order valence-corrected chi connectivity index (χ4v) is 5.97. The number of hydrogen-bond donors (Lipinski definition) is 2. The molecule has 37 heavy (non-hydrogen) atoms. The SMILES string of the molecule is O=C1NC(=O)C(Cc2ccc(C(c3ccc(CC4SC(=O)NC4=O)cc3)(C(F)(F)F)C(F)(F)F)cc2)S1. The quantitative estimate of drug-likeness (QED) is 0.488. The van der Waals surface area contributed by atoms with Crippen molar-refractivity contribution in [3.8, 4) is 0 Å². The molecule has 0 radical (unpaired) electrons. The van der Waals surface area contributed by atoms with Gasteiger partial charge < -0.3 is 0 Å². The fraction of sp³-hybridized carbons (Fsp3) is 0.304. The van der Waals surface area contributed by atoms with Crippen molar-refractivity contribution in [1.82, 2.24) is 10.6 Å². The van der Waals surface area contributed by atoms with E-state index in [0.29, 0.717) is 47.8 Å². The first kappa shape index (κ1) is 27.0. The topological polar surface area (TPSA) is 92.3 Å². The third-order valence-electron chi connectivity index (χ3n) is 6.00.